The number of nitrogens with one attached hydrogen (secondary N) is 2. The third-order valence-electron chi connectivity index (χ3n) is 4.93. The highest BCUT2D eigenvalue weighted by atomic mass is 16.5. The Labute approximate surface area is 178 Å². The second kappa shape index (κ2) is 10.8. The van der Waals surface area contributed by atoms with Crippen LogP contribution in [0.1, 0.15) is 48.5 Å². The monoisotopic (exact) mass is 410 g/mol. The third kappa shape index (κ3) is 6.61. The van der Waals surface area contributed by atoms with E-state index >= 15 is 0 Å². The minimum absolute atomic E-state index is 0.144. The molecule has 1 aromatic heterocycles. The van der Waals surface area contributed by atoms with Crippen LogP contribution in [0.3, 0.4) is 0 Å². The first-order chi connectivity index (χ1) is 14.5. The molecule has 1 aromatic carbocycles. The summed E-state index contributed by atoms with van der Waals surface area (Å²) in [5.74, 6) is 7.14. The molecule has 0 aliphatic heterocycles. The molecular weight excluding hydrogens is 380 g/mol. The van der Waals surface area contributed by atoms with Gasteiger partial charge in [-0.3, -0.25) is 9.48 Å². The minimum Gasteiger partial charge on any atom is -0.488 e. The molecule has 1 atom stereocenters. The van der Waals surface area contributed by atoms with Crippen molar-refractivity contribution in [2.24, 2.45) is 7.05 Å². The number of anilines is 1. The van der Waals surface area contributed by atoms with Gasteiger partial charge in [0.25, 0.3) is 5.91 Å². The second-order valence-electron chi connectivity index (χ2n) is 7.62. The summed E-state index contributed by atoms with van der Waals surface area (Å²) >= 11 is 0. The first kappa shape index (κ1) is 21.9. The van der Waals surface area contributed by atoms with Gasteiger partial charge in [0.2, 0.25) is 0 Å². The molecule has 0 radical (unpaired) electrons. The fraction of sp³-hybridized carbons (Fsp3) is 0.478. The molecule has 7 heteroatoms. The number of benzene rings is 1. The molecule has 1 aliphatic rings. The molecule has 0 bridgehead atoms. The van der Waals surface area contributed by atoms with Gasteiger partial charge in [-0.25, -0.2) is 0 Å². The predicted molar refractivity (Wildman–Crippen MR) is 117 cm³/mol. The summed E-state index contributed by atoms with van der Waals surface area (Å²) < 4.78 is 12.7. The van der Waals surface area contributed by atoms with Crippen LogP contribution in [0.5, 0.6) is 5.75 Å². The van der Waals surface area contributed by atoms with E-state index in [0.717, 1.165) is 5.56 Å². The first-order valence-electron chi connectivity index (χ1n) is 10.4. The van der Waals surface area contributed by atoms with Crippen LogP contribution < -0.4 is 15.4 Å². The fourth-order valence-electron chi connectivity index (χ4n) is 3.51. The van der Waals surface area contributed by atoms with Gasteiger partial charge in [-0.1, -0.05) is 24.7 Å². The Morgan fingerprint density at radius 1 is 1.33 bits per heavy atom. The highest BCUT2D eigenvalue weighted by Crippen LogP contribution is 2.20. The third-order valence-corrected chi connectivity index (χ3v) is 4.93. The fourth-order valence-corrected chi connectivity index (χ4v) is 3.51. The Bertz CT molecular complexity index is 907. The van der Waals surface area contributed by atoms with E-state index in [1.165, 1.54) is 25.7 Å². The number of aromatic nitrogens is 2. The number of nitrogens with zero attached hydrogens (tertiary/aromatic N) is 2. The molecule has 3 rings (SSSR count). The van der Waals surface area contributed by atoms with Gasteiger partial charge in [0.1, 0.15) is 11.9 Å². The topological polar surface area (TPSA) is 77.4 Å². The van der Waals surface area contributed by atoms with Gasteiger partial charge in [0.15, 0.2) is 5.82 Å². The number of methoxy groups -OCH3 is 1. The van der Waals surface area contributed by atoms with E-state index in [9.17, 15) is 4.79 Å². The van der Waals surface area contributed by atoms with Gasteiger partial charge in [0, 0.05) is 43.6 Å². The van der Waals surface area contributed by atoms with Crippen molar-refractivity contribution in [3.8, 4) is 17.6 Å². The van der Waals surface area contributed by atoms with Crippen LogP contribution in [0, 0.1) is 11.8 Å². The molecule has 2 aromatic rings. The highest BCUT2D eigenvalue weighted by molar-refractivity contribution is 6.04. The van der Waals surface area contributed by atoms with E-state index < -0.39 is 0 Å². The summed E-state index contributed by atoms with van der Waals surface area (Å²) in [4.78, 5) is 12.7. The summed E-state index contributed by atoms with van der Waals surface area (Å²) in [5.41, 5.74) is 1.20. The van der Waals surface area contributed by atoms with E-state index in [1.54, 1.807) is 43.2 Å². The summed E-state index contributed by atoms with van der Waals surface area (Å²) in [6.45, 7) is 3.00. The van der Waals surface area contributed by atoms with Crippen LogP contribution in [0.4, 0.5) is 5.82 Å². The maximum absolute atomic E-state index is 12.7. The summed E-state index contributed by atoms with van der Waals surface area (Å²) in [5, 5.41) is 10.5. The lowest BCUT2D eigenvalue weighted by molar-refractivity contribution is 0.0917. The van der Waals surface area contributed by atoms with Gasteiger partial charge >= 0.3 is 0 Å². The van der Waals surface area contributed by atoms with Crippen molar-refractivity contribution in [1.29, 1.82) is 0 Å². The Balaban J connectivity index is 1.74. The maximum Gasteiger partial charge on any atom is 0.257 e. The number of carbonyl (C=O) groups excluding carboxylic acids is 1. The standard InChI is InChI=1S/C23H30N4O3/c1-17(16-29-3)30-21-14-18(7-6-11-24-20-8-4-5-9-20)13-19(15-21)23(28)25-22-10-12-27(2)26-22/h10,12-15,17,20,24H,4-5,8-9,11,16H2,1-3H3,(H,25,26,28)/t17-/m0/s1. The van der Waals surface area contributed by atoms with Crippen LogP contribution in [0.25, 0.3) is 0 Å². The molecule has 1 amide bonds. The van der Waals surface area contributed by atoms with E-state index in [0.29, 0.717) is 36.3 Å². The molecule has 160 valence electrons. The molecule has 0 unspecified atom stereocenters. The largest absolute Gasteiger partial charge is 0.488 e. The van der Waals surface area contributed by atoms with Crippen LogP contribution in [-0.2, 0) is 11.8 Å². The summed E-state index contributed by atoms with van der Waals surface area (Å²) in [7, 11) is 3.43. The Kier molecular flexibility index (Phi) is 7.89. The number of carbonyl (C=O) groups is 1. The number of aryl methyl sites for hydroxylation is 1. The summed E-state index contributed by atoms with van der Waals surface area (Å²) in [6.07, 6.45) is 6.66. The number of rotatable bonds is 8. The number of hydrogen-bond donors (Lipinski definition) is 2. The molecule has 0 spiro atoms. The van der Waals surface area contributed by atoms with Crippen molar-refractivity contribution in [3.05, 3.63) is 41.6 Å². The summed E-state index contributed by atoms with van der Waals surface area (Å²) in [6, 6.07) is 7.66. The molecule has 2 N–H and O–H groups in total. The lowest BCUT2D eigenvalue weighted by Crippen LogP contribution is -2.26. The molecule has 1 aliphatic carbocycles. The normalized spacial score (nSPS) is 14.8. The van der Waals surface area contributed by atoms with Crippen LogP contribution in [0.2, 0.25) is 0 Å². The molecule has 1 fully saturated rings. The average Bonchev–Trinajstić information content (AvgIpc) is 3.37. The quantitative estimate of drug-likeness (QED) is 0.655. The zero-order valence-electron chi connectivity index (χ0n) is 17.9. The predicted octanol–water partition coefficient (Wildman–Crippen LogP) is 2.97. The SMILES string of the molecule is COC[C@H](C)Oc1cc(C#CCNC2CCCC2)cc(C(=O)Nc2ccn(C)n2)c1. The molecule has 30 heavy (non-hydrogen) atoms. The van der Waals surface area contributed by atoms with Crippen molar-refractivity contribution in [1.82, 2.24) is 15.1 Å². The second-order valence-corrected chi connectivity index (χ2v) is 7.62. The van der Waals surface area contributed by atoms with Gasteiger partial charge in [-0.2, -0.15) is 5.10 Å². The van der Waals surface area contributed by atoms with Crippen molar-refractivity contribution in [3.63, 3.8) is 0 Å². The van der Waals surface area contributed by atoms with E-state index in [2.05, 4.69) is 27.6 Å². The van der Waals surface area contributed by atoms with E-state index in [1.807, 2.05) is 13.0 Å². The van der Waals surface area contributed by atoms with E-state index in [-0.39, 0.29) is 12.0 Å². The Hall–Kier alpha value is -2.82. The van der Waals surface area contributed by atoms with Gasteiger partial charge in [0.05, 0.1) is 13.2 Å². The lowest BCUT2D eigenvalue weighted by Gasteiger charge is -2.15. The highest BCUT2D eigenvalue weighted by Gasteiger charge is 2.14. The molecular formula is C23H30N4O3. The van der Waals surface area contributed by atoms with E-state index in [4.69, 9.17) is 9.47 Å². The molecule has 7 nitrogen and oxygen atoms in total. The lowest BCUT2D eigenvalue weighted by atomic mass is 10.1. The molecule has 1 heterocycles. The van der Waals surface area contributed by atoms with Crippen molar-refractivity contribution in [2.45, 2.75) is 44.8 Å². The van der Waals surface area contributed by atoms with Crippen LogP contribution in [-0.4, -0.2) is 48.1 Å². The average molecular weight is 411 g/mol. The Morgan fingerprint density at radius 2 is 2.13 bits per heavy atom. The smallest absolute Gasteiger partial charge is 0.257 e. The van der Waals surface area contributed by atoms with Crippen LogP contribution in [0.15, 0.2) is 30.5 Å². The van der Waals surface area contributed by atoms with Gasteiger partial charge in [-0.05, 0) is 38.0 Å². The zero-order valence-corrected chi connectivity index (χ0v) is 17.9. The van der Waals surface area contributed by atoms with Crippen LogP contribution >= 0.6 is 0 Å². The maximum atomic E-state index is 12.7. The number of ether oxygens (including phenoxy) is 2. The van der Waals surface area contributed by atoms with Crippen molar-refractivity contribution in [2.75, 3.05) is 25.6 Å². The molecule has 0 saturated heterocycles. The van der Waals surface area contributed by atoms with Crippen molar-refractivity contribution < 1.29 is 14.3 Å². The van der Waals surface area contributed by atoms with Crippen molar-refractivity contribution >= 4 is 11.7 Å². The number of hydrogen-bond acceptors (Lipinski definition) is 5. The molecule has 1 saturated carbocycles. The minimum atomic E-state index is -0.259. The van der Waals surface area contributed by atoms with Gasteiger partial charge in [-0.15, -0.1) is 0 Å². The van der Waals surface area contributed by atoms with Gasteiger partial charge < -0.3 is 20.1 Å². The first-order valence-corrected chi connectivity index (χ1v) is 10.4. The Morgan fingerprint density at radius 3 is 2.83 bits per heavy atom. The zero-order chi connectivity index (χ0) is 21.3. The number of amides is 1.